The first-order valence-corrected chi connectivity index (χ1v) is 14.4. The number of fused-ring (bicyclic) bond motifs is 1. The zero-order chi connectivity index (χ0) is 27.3. The van der Waals surface area contributed by atoms with E-state index in [0.717, 1.165) is 70.4 Å². The summed E-state index contributed by atoms with van der Waals surface area (Å²) in [6.45, 7) is 5.40. The molecule has 0 N–H and O–H groups in total. The van der Waals surface area contributed by atoms with Crippen molar-refractivity contribution in [1.29, 1.82) is 0 Å². The van der Waals surface area contributed by atoms with E-state index in [1.54, 1.807) is 24.5 Å². The van der Waals surface area contributed by atoms with Gasteiger partial charge < -0.3 is 18.9 Å². The van der Waals surface area contributed by atoms with Gasteiger partial charge in [-0.15, -0.1) is 0 Å². The first kappa shape index (κ1) is 26.4. The Kier molecular flexibility index (Phi) is 7.18. The minimum absolute atomic E-state index is 0.210. The Labute approximate surface area is 240 Å². The van der Waals surface area contributed by atoms with Crippen LogP contribution in [0.3, 0.4) is 0 Å². The van der Waals surface area contributed by atoms with Crippen LogP contribution in [0.4, 0.5) is 5.13 Å². The number of rotatable bonds is 7. The number of ether oxygens (including phenoxy) is 2. The fourth-order valence-electron chi connectivity index (χ4n) is 5.25. The molecule has 1 aliphatic carbocycles. The van der Waals surface area contributed by atoms with E-state index in [1.807, 2.05) is 24.3 Å². The fraction of sp³-hybridized carbons (Fsp3) is 0.393. The molecule has 4 aromatic rings. The maximum Gasteiger partial charge on any atom is 0.338 e. The third-order valence-corrected chi connectivity index (χ3v) is 9.06. The standard InChI is InChI=1S/C28H28Cl2N4O4S/c1-15-13-33(14-18-24(32-38-26(18)16-7-8-16)23-19(29)5-4-6-20(23)30)9-10-34(15)28-31-25-21(36-2)11-17(27(35)37-3)12-22(25)39-28/h4-6,11-12,15-16H,7-10,13-14H2,1-3H3/t15-/m1/s1. The molecule has 1 saturated heterocycles. The molecule has 0 radical (unpaired) electrons. The van der Waals surface area contributed by atoms with E-state index in [9.17, 15) is 4.79 Å². The van der Waals surface area contributed by atoms with Crippen LogP contribution in [0.5, 0.6) is 5.75 Å². The van der Waals surface area contributed by atoms with E-state index in [4.69, 9.17) is 42.2 Å². The van der Waals surface area contributed by atoms with Crippen LogP contribution >= 0.6 is 34.5 Å². The minimum Gasteiger partial charge on any atom is -0.494 e. The zero-order valence-corrected chi connectivity index (χ0v) is 24.2. The van der Waals surface area contributed by atoms with E-state index in [1.165, 1.54) is 7.11 Å². The highest BCUT2D eigenvalue weighted by Crippen LogP contribution is 2.46. The molecule has 2 aromatic carbocycles. The normalized spacial score (nSPS) is 18.1. The highest BCUT2D eigenvalue weighted by molar-refractivity contribution is 7.22. The summed E-state index contributed by atoms with van der Waals surface area (Å²) in [6, 6.07) is 9.21. The second kappa shape index (κ2) is 10.6. The highest BCUT2D eigenvalue weighted by Gasteiger charge is 2.35. The van der Waals surface area contributed by atoms with Crippen LogP contribution in [-0.4, -0.2) is 60.9 Å². The van der Waals surface area contributed by atoms with Gasteiger partial charge in [0.2, 0.25) is 0 Å². The number of nitrogens with zero attached hydrogens (tertiary/aromatic N) is 4. The molecule has 0 unspecified atom stereocenters. The van der Waals surface area contributed by atoms with Gasteiger partial charge in [-0.25, -0.2) is 9.78 Å². The third kappa shape index (κ3) is 4.97. The molecule has 2 aliphatic rings. The Morgan fingerprint density at radius 1 is 1.18 bits per heavy atom. The monoisotopic (exact) mass is 586 g/mol. The van der Waals surface area contributed by atoms with Crippen LogP contribution in [0.15, 0.2) is 34.9 Å². The molecular weight excluding hydrogens is 559 g/mol. The van der Waals surface area contributed by atoms with Crippen molar-refractivity contribution in [3.05, 3.63) is 57.3 Å². The molecule has 2 fully saturated rings. The third-order valence-electron chi connectivity index (χ3n) is 7.39. The van der Waals surface area contributed by atoms with Crippen molar-refractivity contribution in [2.45, 2.75) is 38.3 Å². The molecule has 0 amide bonds. The van der Waals surface area contributed by atoms with Crippen molar-refractivity contribution in [1.82, 2.24) is 15.0 Å². The Bertz CT molecular complexity index is 1530. The lowest BCUT2D eigenvalue weighted by Crippen LogP contribution is -2.51. The first-order valence-electron chi connectivity index (χ1n) is 12.9. The molecule has 204 valence electrons. The molecule has 2 aromatic heterocycles. The number of methoxy groups -OCH3 is 2. The summed E-state index contributed by atoms with van der Waals surface area (Å²) < 4.78 is 17.2. The summed E-state index contributed by atoms with van der Waals surface area (Å²) in [6.07, 6.45) is 2.22. The van der Waals surface area contributed by atoms with E-state index >= 15 is 0 Å². The van der Waals surface area contributed by atoms with Gasteiger partial charge in [-0.2, -0.15) is 0 Å². The number of anilines is 1. The lowest BCUT2D eigenvalue weighted by molar-refractivity contribution is 0.0600. The highest BCUT2D eigenvalue weighted by atomic mass is 35.5. The number of benzene rings is 2. The first-order chi connectivity index (χ1) is 18.9. The van der Waals surface area contributed by atoms with Crippen molar-refractivity contribution >= 4 is 55.9 Å². The van der Waals surface area contributed by atoms with Crippen LogP contribution in [0.1, 0.15) is 47.4 Å². The van der Waals surface area contributed by atoms with Gasteiger partial charge in [0.25, 0.3) is 0 Å². The topological polar surface area (TPSA) is 80.9 Å². The van der Waals surface area contributed by atoms with Crippen molar-refractivity contribution in [3.8, 4) is 17.0 Å². The van der Waals surface area contributed by atoms with Gasteiger partial charge in [0.1, 0.15) is 22.7 Å². The number of halogens is 2. The van der Waals surface area contributed by atoms with Gasteiger partial charge in [-0.1, -0.05) is 45.8 Å². The zero-order valence-electron chi connectivity index (χ0n) is 21.9. The van der Waals surface area contributed by atoms with Crippen LogP contribution in [0.25, 0.3) is 21.5 Å². The van der Waals surface area contributed by atoms with Crippen molar-refractivity contribution in [2.75, 3.05) is 38.8 Å². The summed E-state index contributed by atoms with van der Waals surface area (Å²) in [4.78, 5) is 21.8. The van der Waals surface area contributed by atoms with E-state index in [2.05, 4.69) is 21.9 Å². The summed E-state index contributed by atoms with van der Waals surface area (Å²) in [5.41, 5.74) is 3.74. The smallest absolute Gasteiger partial charge is 0.338 e. The molecule has 1 atom stereocenters. The summed E-state index contributed by atoms with van der Waals surface area (Å²) in [5.74, 6) is 1.53. The molecule has 6 rings (SSSR count). The number of thiazole rings is 1. The van der Waals surface area contributed by atoms with Gasteiger partial charge >= 0.3 is 5.97 Å². The lowest BCUT2D eigenvalue weighted by Gasteiger charge is -2.39. The van der Waals surface area contributed by atoms with Gasteiger partial charge in [-0.05, 0) is 44.0 Å². The predicted octanol–water partition coefficient (Wildman–Crippen LogP) is 6.64. The number of hydrogen-bond donors (Lipinski definition) is 0. The van der Waals surface area contributed by atoms with E-state index < -0.39 is 5.97 Å². The quantitative estimate of drug-likeness (QED) is 0.223. The summed E-state index contributed by atoms with van der Waals surface area (Å²) in [7, 11) is 2.96. The minimum atomic E-state index is -0.399. The Hall–Kier alpha value is -2.85. The van der Waals surface area contributed by atoms with Crippen LogP contribution in [0, 0.1) is 0 Å². The van der Waals surface area contributed by atoms with Crippen molar-refractivity contribution in [2.24, 2.45) is 0 Å². The van der Waals surface area contributed by atoms with Gasteiger partial charge in [-0.3, -0.25) is 4.90 Å². The Morgan fingerprint density at radius 3 is 2.62 bits per heavy atom. The van der Waals surface area contributed by atoms with Crippen LogP contribution in [0.2, 0.25) is 10.0 Å². The lowest BCUT2D eigenvalue weighted by atomic mass is 10.0. The van der Waals surface area contributed by atoms with Crippen LogP contribution < -0.4 is 9.64 Å². The molecule has 8 nitrogen and oxygen atoms in total. The maximum absolute atomic E-state index is 12.1. The number of hydrogen-bond acceptors (Lipinski definition) is 9. The number of carbonyl (C=O) groups excluding carboxylic acids is 1. The second-order valence-corrected chi connectivity index (χ2v) is 11.9. The molecule has 1 aliphatic heterocycles. The molecule has 1 saturated carbocycles. The number of esters is 1. The van der Waals surface area contributed by atoms with Crippen LogP contribution in [-0.2, 0) is 11.3 Å². The Morgan fingerprint density at radius 2 is 1.95 bits per heavy atom. The Balaban J connectivity index is 1.25. The molecular formula is C28H28Cl2N4O4S. The van der Waals surface area contributed by atoms with Gasteiger partial charge in [0, 0.05) is 49.3 Å². The predicted molar refractivity (Wildman–Crippen MR) is 154 cm³/mol. The van der Waals surface area contributed by atoms with Crippen molar-refractivity contribution < 1.29 is 18.8 Å². The summed E-state index contributed by atoms with van der Waals surface area (Å²) >= 11 is 14.7. The second-order valence-electron chi connectivity index (χ2n) is 10.0. The van der Waals surface area contributed by atoms with E-state index in [0.29, 0.717) is 33.8 Å². The molecule has 39 heavy (non-hydrogen) atoms. The SMILES string of the molecule is COC(=O)c1cc(OC)c2nc(N3CCN(Cc4c(-c5c(Cl)cccc5Cl)noc4C4CC4)C[C@H]3C)sc2c1. The number of aromatic nitrogens is 2. The average molecular weight is 588 g/mol. The molecule has 0 spiro atoms. The fourth-order valence-corrected chi connectivity index (χ4v) is 6.97. The van der Waals surface area contributed by atoms with Crippen molar-refractivity contribution in [3.63, 3.8) is 0 Å². The van der Waals surface area contributed by atoms with E-state index in [-0.39, 0.29) is 6.04 Å². The molecule has 11 heteroatoms. The average Bonchev–Trinajstić information content (AvgIpc) is 3.55. The molecule has 3 heterocycles. The van der Waals surface area contributed by atoms with Gasteiger partial charge in [0.05, 0.1) is 34.5 Å². The largest absolute Gasteiger partial charge is 0.494 e. The van der Waals surface area contributed by atoms with Gasteiger partial charge in [0.15, 0.2) is 5.13 Å². The maximum atomic E-state index is 12.1. The number of piperazine rings is 1. The molecule has 0 bridgehead atoms. The summed E-state index contributed by atoms with van der Waals surface area (Å²) in [5, 5.41) is 6.49. The number of carbonyl (C=O) groups is 1.